The minimum Gasteiger partial charge on any atom is -0.309 e. The smallest absolute Gasteiger partial charge is 0.227 e. The van der Waals surface area contributed by atoms with Gasteiger partial charge in [-0.05, 0) is 24.5 Å². The van der Waals surface area contributed by atoms with Crippen LogP contribution in [-0.2, 0) is 9.59 Å². The Bertz CT molecular complexity index is 518. The number of halogens is 1. The maximum absolute atomic E-state index is 14.0. The molecule has 1 atom stereocenters. The van der Waals surface area contributed by atoms with Crippen LogP contribution >= 0.6 is 11.8 Å². The average Bonchev–Trinajstić information content (AvgIpc) is 2.71. The number of carbonyl (C=O) groups is 2. The maximum atomic E-state index is 14.0. The van der Waals surface area contributed by atoms with Gasteiger partial charge >= 0.3 is 0 Å². The van der Waals surface area contributed by atoms with Crippen LogP contribution in [-0.4, -0.2) is 23.3 Å². The number of amides is 1. The number of anilines is 1. The summed E-state index contributed by atoms with van der Waals surface area (Å²) in [6.07, 6.45) is 0.383. The second-order valence-electron chi connectivity index (χ2n) is 4.79. The topological polar surface area (TPSA) is 37.4 Å². The number of thioether (sulfide) groups is 1. The first-order chi connectivity index (χ1) is 8.99. The minimum atomic E-state index is -0.337. The molecule has 102 valence electrons. The van der Waals surface area contributed by atoms with Crippen LogP contribution in [0.3, 0.4) is 0 Å². The molecule has 1 saturated heterocycles. The van der Waals surface area contributed by atoms with Crippen LogP contribution in [0.1, 0.15) is 18.9 Å². The van der Waals surface area contributed by atoms with Crippen LogP contribution in [0, 0.1) is 18.7 Å². The van der Waals surface area contributed by atoms with Crippen molar-refractivity contribution >= 4 is 28.5 Å². The normalized spacial score (nSPS) is 19.0. The number of benzene rings is 1. The van der Waals surface area contributed by atoms with Crippen molar-refractivity contribution in [2.45, 2.75) is 20.3 Å². The van der Waals surface area contributed by atoms with Crippen molar-refractivity contribution in [3.63, 3.8) is 0 Å². The summed E-state index contributed by atoms with van der Waals surface area (Å²) in [5, 5.41) is 0.0487. The molecule has 0 N–H and O–H groups in total. The van der Waals surface area contributed by atoms with E-state index in [4.69, 9.17) is 0 Å². The maximum Gasteiger partial charge on any atom is 0.227 e. The molecule has 0 radical (unpaired) electrons. The van der Waals surface area contributed by atoms with Crippen molar-refractivity contribution < 1.29 is 14.0 Å². The van der Waals surface area contributed by atoms with Crippen LogP contribution < -0.4 is 4.90 Å². The van der Waals surface area contributed by atoms with E-state index in [-0.39, 0.29) is 22.8 Å². The monoisotopic (exact) mass is 281 g/mol. The SMILES string of the molecule is CC(=O)SCC1CC(=O)N(c2cccc(C)c2F)C1. The van der Waals surface area contributed by atoms with Crippen LogP contribution in [0.25, 0.3) is 0 Å². The zero-order chi connectivity index (χ0) is 14.0. The van der Waals surface area contributed by atoms with Gasteiger partial charge in [-0.2, -0.15) is 0 Å². The highest BCUT2D eigenvalue weighted by Gasteiger charge is 2.32. The Morgan fingerprint density at radius 3 is 2.95 bits per heavy atom. The van der Waals surface area contributed by atoms with Gasteiger partial charge in [0.2, 0.25) is 5.91 Å². The van der Waals surface area contributed by atoms with Crippen molar-refractivity contribution in [3.05, 3.63) is 29.6 Å². The summed E-state index contributed by atoms with van der Waals surface area (Å²) in [4.78, 5) is 24.4. The first-order valence-electron chi connectivity index (χ1n) is 6.18. The molecule has 0 aliphatic carbocycles. The summed E-state index contributed by atoms with van der Waals surface area (Å²) in [5.41, 5.74) is 0.882. The van der Waals surface area contributed by atoms with E-state index in [0.717, 1.165) is 0 Å². The molecule has 1 aliphatic rings. The molecule has 1 unspecified atom stereocenters. The Hall–Kier alpha value is -1.36. The molecule has 19 heavy (non-hydrogen) atoms. The van der Waals surface area contributed by atoms with Gasteiger partial charge in [0.15, 0.2) is 5.12 Å². The fourth-order valence-corrected chi connectivity index (χ4v) is 2.90. The van der Waals surface area contributed by atoms with Crippen molar-refractivity contribution in [1.29, 1.82) is 0 Å². The molecule has 1 fully saturated rings. The van der Waals surface area contributed by atoms with E-state index in [1.165, 1.54) is 23.6 Å². The lowest BCUT2D eigenvalue weighted by Crippen LogP contribution is -2.26. The number of rotatable bonds is 3. The van der Waals surface area contributed by atoms with Gasteiger partial charge in [0.05, 0.1) is 5.69 Å². The third-order valence-corrected chi connectivity index (χ3v) is 4.23. The standard InChI is InChI=1S/C14H16FNO2S/c1-9-4-3-5-12(14(9)15)16-7-11(6-13(16)18)8-19-10(2)17/h3-5,11H,6-8H2,1-2H3. The van der Waals surface area contributed by atoms with Gasteiger partial charge < -0.3 is 4.90 Å². The van der Waals surface area contributed by atoms with Crippen LogP contribution in [0.5, 0.6) is 0 Å². The molecule has 3 nitrogen and oxygen atoms in total. The molecule has 1 aliphatic heterocycles. The number of hydrogen-bond donors (Lipinski definition) is 0. The molecule has 1 amide bonds. The van der Waals surface area contributed by atoms with Crippen LogP contribution in [0.4, 0.5) is 10.1 Å². The molecule has 1 heterocycles. The van der Waals surface area contributed by atoms with E-state index in [1.807, 2.05) is 0 Å². The number of aryl methyl sites for hydroxylation is 1. The molecular weight excluding hydrogens is 265 g/mol. The van der Waals surface area contributed by atoms with Gasteiger partial charge in [-0.3, -0.25) is 9.59 Å². The molecule has 0 bridgehead atoms. The largest absolute Gasteiger partial charge is 0.309 e. The second kappa shape index (κ2) is 5.74. The highest BCUT2D eigenvalue weighted by molar-refractivity contribution is 8.13. The Morgan fingerprint density at radius 2 is 2.26 bits per heavy atom. The summed E-state index contributed by atoms with van der Waals surface area (Å²) in [6, 6.07) is 5.06. The molecule has 5 heteroatoms. The molecule has 2 rings (SSSR count). The summed E-state index contributed by atoms with van der Waals surface area (Å²) in [6.45, 7) is 3.68. The molecule has 0 spiro atoms. The zero-order valence-corrected chi connectivity index (χ0v) is 11.8. The summed E-state index contributed by atoms with van der Waals surface area (Å²) < 4.78 is 14.0. The van der Waals surface area contributed by atoms with Crippen molar-refractivity contribution in [2.75, 3.05) is 17.2 Å². The van der Waals surface area contributed by atoms with Gasteiger partial charge in [-0.1, -0.05) is 23.9 Å². The third kappa shape index (κ3) is 3.15. The molecule has 1 aromatic carbocycles. The van der Waals surface area contributed by atoms with E-state index in [1.54, 1.807) is 25.1 Å². The zero-order valence-electron chi connectivity index (χ0n) is 11.0. The van der Waals surface area contributed by atoms with Gasteiger partial charge in [0.1, 0.15) is 5.82 Å². The number of hydrogen-bond acceptors (Lipinski definition) is 3. The molecular formula is C14H16FNO2S. The highest BCUT2D eigenvalue weighted by atomic mass is 32.2. The number of carbonyl (C=O) groups excluding carboxylic acids is 2. The Labute approximate surface area is 116 Å². The predicted molar refractivity (Wildman–Crippen MR) is 74.7 cm³/mol. The second-order valence-corrected chi connectivity index (χ2v) is 5.98. The average molecular weight is 281 g/mol. The van der Waals surface area contributed by atoms with Crippen molar-refractivity contribution in [2.24, 2.45) is 5.92 Å². The van der Waals surface area contributed by atoms with Gasteiger partial charge in [-0.25, -0.2) is 4.39 Å². The number of nitrogens with zero attached hydrogens (tertiary/aromatic N) is 1. The van der Waals surface area contributed by atoms with Crippen molar-refractivity contribution in [1.82, 2.24) is 0 Å². The van der Waals surface area contributed by atoms with Gasteiger partial charge in [-0.15, -0.1) is 0 Å². The fourth-order valence-electron chi connectivity index (χ4n) is 2.20. The van der Waals surface area contributed by atoms with Gasteiger partial charge in [0.25, 0.3) is 0 Å². The quantitative estimate of drug-likeness (QED) is 0.855. The Kier molecular flexibility index (Phi) is 4.24. The summed E-state index contributed by atoms with van der Waals surface area (Å²) >= 11 is 1.22. The predicted octanol–water partition coefficient (Wildman–Crippen LogP) is 2.77. The Balaban J connectivity index is 2.11. The highest BCUT2D eigenvalue weighted by Crippen LogP contribution is 2.30. The Morgan fingerprint density at radius 1 is 1.53 bits per heavy atom. The lowest BCUT2D eigenvalue weighted by molar-refractivity contribution is -0.117. The lowest BCUT2D eigenvalue weighted by atomic mass is 10.1. The summed E-state index contributed by atoms with van der Waals surface area (Å²) in [7, 11) is 0. The van der Waals surface area contributed by atoms with E-state index in [2.05, 4.69) is 0 Å². The van der Waals surface area contributed by atoms with Crippen LogP contribution in [0.2, 0.25) is 0 Å². The van der Waals surface area contributed by atoms with E-state index in [9.17, 15) is 14.0 Å². The summed E-state index contributed by atoms with van der Waals surface area (Å²) in [5.74, 6) is 0.320. The van der Waals surface area contributed by atoms with Crippen LogP contribution in [0.15, 0.2) is 18.2 Å². The van der Waals surface area contributed by atoms with Crippen molar-refractivity contribution in [3.8, 4) is 0 Å². The minimum absolute atomic E-state index is 0.0487. The first kappa shape index (κ1) is 14.1. The third-order valence-electron chi connectivity index (χ3n) is 3.19. The van der Waals surface area contributed by atoms with E-state index < -0.39 is 0 Å². The van der Waals surface area contributed by atoms with E-state index in [0.29, 0.717) is 30.0 Å². The lowest BCUT2D eigenvalue weighted by Gasteiger charge is -2.18. The molecule has 0 aromatic heterocycles. The first-order valence-corrected chi connectivity index (χ1v) is 7.16. The fraction of sp³-hybridized carbons (Fsp3) is 0.429. The van der Waals surface area contributed by atoms with Gasteiger partial charge in [0, 0.05) is 25.6 Å². The van der Waals surface area contributed by atoms with E-state index >= 15 is 0 Å². The molecule has 0 saturated carbocycles. The molecule has 1 aromatic rings.